The molecule has 1 aromatic heterocycles. The molecule has 0 N–H and O–H groups in total. The van der Waals surface area contributed by atoms with E-state index in [1.165, 1.54) is 4.68 Å². The van der Waals surface area contributed by atoms with Gasteiger partial charge in [-0.25, -0.2) is 4.98 Å². The van der Waals surface area contributed by atoms with Crippen molar-refractivity contribution in [1.29, 1.82) is 0 Å². The van der Waals surface area contributed by atoms with Gasteiger partial charge in [-0.1, -0.05) is 83.9 Å². The maximum absolute atomic E-state index is 13.4. The normalized spacial score (nSPS) is 11.3. The fourth-order valence-electron chi connectivity index (χ4n) is 3.63. The second-order valence-electron chi connectivity index (χ2n) is 7.76. The molecule has 0 fully saturated rings. The molecule has 5 nitrogen and oxygen atoms in total. The Morgan fingerprint density at radius 1 is 0.857 bits per heavy atom. The van der Waals surface area contributed by atoms with Crippen molar-refractivity contribution in [3.05, 3.63) is 129 Å². The van der Waals surface area contributed by atoms with Crippen molar-refractivity contribution in [1.82, 2.24) is 9.66 Å². The van der Waals surface area contributed by atoms with E-state index in [0.29, 0.717) is 44.7 Å². The van der Waals surface area contributed by atoms with Gasteiger partial charge < -0.3 is 4.74 Å². The molecule has 0 bridgehead atoms. The first-order valence-electron chi connectivity index (χ1n) is 10.9. The van der Waals surface area contributed by atoms with E-state index >= 15 is 0 Å². The Balaban J connectivity index is 1.52. The summed E-state index contributed by atoms with van der Waals surface area (Å²) in [5.74, 6) is 1.07. The number of halogens is 2. The van der Waals surface area contributed by atoms with Gasteiger partial charge in [0.15, 0.2) is 5.82 Å². The number of rotatable bonds is 6. The van der Waals surface area contributed by atoms with Crippen LogP contribution in [0.4, 0.5) is 0 Å². The van der Waals surface area contributed by atoms with Crippen molar-refractivity contribution < 1.29 is 4.74 Å². The van der Waals surface area contributed by atoms with E-state index in [4.69, 9.17) is 32.9 Å². The molecule has 1 heterocycles. The Bertz CT molecular complexity index is 1600. The Labute approximate surface area is 211 Å². The monoisotopic (exact) mass is 499 g/mol. The van der Waals surface area contributed by atoms with Crippen LogP contribution in [-0.4, -0.2) is 15.9 Å². The van der Waals surface area contributed by atoms with E-state index in [2.05, 4.69) is 5.10 Å². The van der Waals surface area contributed by atoms with E-state index in [-0.39, 0.29) is 5.56 Å². The summed E-state index contributed by atoms with van der Waals surface area (Å²) in [5.41, 5.74) is 2.75. The van der Waals surface area contributed by atoms with Crippen LogP contribution < -0.4 is 10.3 Å². The molecule has 0 aliphatic rings. The maximum Gasteiger partial charge on any atom is 0.282 e. The molecule has 35 heavy (non-hydrogen) atoms. The van der Waals surface area contributed by atoms with Crippen molar-refractivity contribution in [2.45, 2.75) is 6.61 Å². The number of para-hydroxylation sites is 2. The number of ether oxygens (including phenoxy) is 1. The largest absolute Gasteiger partial charge is 0.488 e. The molecule has 0 aliphatic heterocycles. The topological polar surface area (TPSA) is 56.5 Å². The van der Waals surface area contributed by atoms with Gasteiger partial charge in [-0.2, -0.15) is 9.78 Å². The summed E-state index contributed by atoms with van der Waals surface area (Å²) >= 11 is 12.1. The number of fused-ring (bicyclic) bond motifs is 1. The van der Waals surface area contributed by atoms with E-state index in [1.807, 2.05) is 78.9 Å². The number of hydrogen-bond donors (Lipinski definition) is 0. The molecule has 0 spiro atoms. The van der Waals surface area contributed by atoms with Crippen LogP contribution >= 0.6 is 23.2 Å². The van der Waals surface area contributed by atoms with Gasteiger partial charge in [-0.3, -0.25) is 4.79 Å². The highest BCUT2D eigenvalue weighted by Gasteiger charge is 2.12. The third-order valence-corrected chi connectivity index (χ3v) is 6.13. The first kappa shape index (κ1) is 22.8. The van der Waals surface area contributed by atoms with Gasteiger partial charge in [0.2, 0.25) is 0 Å². The molecule has 0 saturated carbocycles. The summed E-state index contributed by atoms with van der Waals surface area (Å²) in [6.45, 7) is 0.300. The van der Waals surface area contributed by atoms with Crippen LogP contribution in [0.15, 0.2) is 107 Å². The summed E-state index contributed by atoms with van der Waals surface area (Å²) < 4.78 is 7.35. The van der Waals surface area contributed by atoms with Crippen LogP contribution in [0.3, 0.4) is 0 Å². The quantitative estimate of drug-likeness (QED) is 0.240. The van der Waals surface area contributed by atoms with Crippen molar-refractivity contribution in [3.63, 3.8) is 0 Å². The minimum absolute atomic E-state index is 0.250. The predicted octanol–water partition coefficient (Wildman–Crippen LogP) is 6.83. The third kappa shape index (κ3) is 4.97. The van der Waals surface area contributed by atoms with Gasteiger partial charge in [0.05, 0.1) is 27.2 Å². The smallest absolute Gasteiger partial charge is 0.282 e. The third-order valence-electron chi connectivity index (χ3n) is 5.40. The van der Waals surface area contributed by atoms with Crippen molar-refractivity contribution in [2.75, 3.05) is 0 Å². The van der Waals surface area contributed by atoms with Crippen LogP contribution in [0.5, 0.6) is 5.75 Å². The minimum Gasteiger partial charge on any atom is -0.488 e. The average Bonchev–Trinajstić information content (AvgIpc) is 2.90. The Kier molecular flexibility index (Phi) is 6.62. The van der Waals surface area contributed by atoms with Gasteiger partial charge in [0.1, 0.15) is 12.4 Å². The second kappa shape index (κ2) is 10.1. The van der Waals surface area contributed by atoms with Crippen LogP contribution in [0.1, 0.15) is 11.1 Å². The number of aromatic nitrogens is 2. The van der Waals surface area contributed by atoms with Crippen molar-refractivity contribution in [3.8, 4) is 17.1 Å². The molecule has 0 saturated heterocycles. The highest BCUT2D eigenvalue weighted by Crippen LogP contribution is 2.24. The molecular formula is C28H19Cl2N3O2. The zero-order valence-corrected chi connectivity index (χ0v) is 19.9. The molecule has 0 unspecified atom stereocenters. The standard InChI is InChI=1S/C28H19Cl2N3O2/c29-23-15-14-19(16-24(23)30)18-35-26-13-7-4-10-21(26)17-31-33-27(20-8-2-1-3-9-20)32-25-12-6-5-11-22(25)28(33)34/h1-17H,18H2. The zero-order chi connectivity index (χ0) is 24.2. The Hall–Kier alpha value is -3.93. The lowest BCUT2D eigenvalue weighted by atomic mass is 10.2. The predicted molar refractivity (Wildman–Crippen MR) is 142 cm³/mol. The molecular weight excluding hydrogens is 481 g/mol. The van der Waals surface area contributed by atoms with Gasteiger partial charge in [-0.15, -0.1) is 0 Å². The van der Waals surface area contributed by atoms with E-state index in [9.17, 15) is 4.79 Å². The lowest BCUT2D eigenvalue weighted by molar-refractivity contribution is 0.306. The van der Waals surface area contributed by atoms with E-state index in [0.717, 1.165) is 11.1 Å². The summed E-state index contributed by atoms with van der Waals surface area (Å²) in [6, 6.07) is 29.6. The average molecular weight is 500 g/mol. The first-order valence-corrected chi connectivity index (χ1v) is 11.6. The molecule has 172 valence electrons. The molecule has 5 rings (SSSR count). The number of hydrogen-bond acceptors (Lipinski definition) is 4. The SMILES string of the molecule is O=c1c2ccccc2nc(-c2ccccc2)n1N=Cc1ccccc1OCc1ccc(Cl)c(Cl)c1. The summed E-state index contributed by atoms with van der Waals surface area (Å²) in [7, 11) is 0. The zero-order valence-electron chi connectivity index (χ0n) is 18.4. The highest BCUT2D eigenvalue weighted by molar-refractivity contribution is 6.42. The summed E-state index contributed by atoms with van der Waals surface area (Å²) in [4.78, 5) is 18.1. The van der Waals surface area contributed by atoms with Crippen molar-refractivity contribution in [2.24, 2.45) is 5.10 Å². The Morgan fingerprint density at radius 3 is 2.43 bits per heavy atom. The Morgan fingerprint density at radius 2 is 1.60 bits per heavy atom. The summed E-state index contributed by atoms with van der Waals surface area (Å²) in [6.07, 6.45) is 1.61. The molecule has 0 radical (unpaired) electrons. The lowest BCUT2D eigenvalue weighted by Gasteiger charge is -2.11. The molecule has 0 atom stereocenters. The van der Waals surface area contributed by atoms with Gasteiger partial charge in [-0.05, 0) is 42.0 Å². The van der Waals surface area contributed by atoms with Crippen LogP contribution in [0, 0.1) is 0 Å². The molecule has 0 amide bonds. The van der Waals surface area contributed by atoms with Gasteiger partial charge in [0.25, 0.3) is 5.56 Å². The first-order chi connectivity index (χ1) is 17.1. The number of nitrogens with zero attached hydrogens (tertiary/aromatic N) is 3. The fourth-order valence-corrected chi connectivity index (χ4v) is 3.95. The van der Waals surface area contributed by atoms with Gasteiger partial charge >= 0.3 is 0 Å². The summed E-state index contributed by atoms with van der Waals surface area (Å²) in [5, 5.41) is 6.00. The second-order valence-corrected chi connectivity index (χ2v) is 8.57. The van der Waals surface area contributed by atoms with Crippen LogP contribution in [0.25, 0.3) is 22.3 Å². The lowest BCUT2D eigenvalue weighted by Crippen LogP contribution is -2.20. The van der Waals surface area contributed by atoms with E-state index in [1.54, 1.807) is 24.4 Å². The van der Waals surface area contributed by atoms with E-state index < -0.39 is 0 Å². The molecule has 4 aromatic carbocycles. The van der Waals surface area contributed by atoms with Crippen molar-refractivity contribution >= 4 is 40.3 Å². The fraction of sp³-hybridized carbons (Fsp3) is 0.0357. The highest BCUT2D eigenvalue weighted by atomic mass is 35.5. The molecule has 0 aliphatic carbocycles. The van der Waals surface area contributed by atoms with Crippen LogP contribution in [-0.2, 0) is 6.61 Å². The maximum atomic E-state index is 13.4. The number of benzene rings is 4. The van der Waals surface area contributed by atoms with Gasteiger partial charge in [0, 0.05) is 11.1 Å². The molecule has 7 heteroatoms. The minimum atomic E-state index is -0.250. The van der Waals surface area contributed by atoms with Crippen LogP contribution in [0.2, 0.25) is 10.0 Å². The molecule has 5 aromatic rings.